The molecule has 0 bridgehead atoms. The number of hydrogen-bond acceptors (Lipinski definition) is 7. The number of likely N-dealkylation sites (tertiary alicyclic amines) is 1. The number of amides is 3. The molecule has 0 saturated carbocycles. The van der Waals surface area contributed by atoms with Crippen LogP contribution in [0.15, 0.2) is 60.0 Å². The summed E-state index contributed by atoms with van der Waals surface area (Å²) in [7, 11) is 0. The van der Waals surface area contributed by atoms with Gasteiger partial charge in [0.15, 0.2) is 0 Å². The highest BCUT2D eigenvalue weighted by molar-refractivity contribution is 7.09. The Morgan fingerprint density at radius 3 is 2.44 bits per heavy atom. The van der Waals surface area contributed by atoms with Crippen molar-refractivity contribution in [3.63, 3.8) is 0 Å². The molecular weight excluding hydrogens is 609 g/mol. The standard InChI is InChI=1S/C32H37F3N4O5S/c1-31(2,3)44-30(42)38-25(21-8-5-4-6-9-21)18-43-19-28(40)39-15-7-10-23(17-39)29(41)36-16-27-37-26(20-45-27)22-11-13-24(14-12-22)32(33,34)35/h4-6,8-9,11-14,20,23,25H,7,10,15-19H2,1-3H3,(H,36,41)(H,38,42)/t23-,25+/m0/s1. The van der Waals surface area contributed by atoms with Crippen molar-refractivity contribution in [2.45, 2.75) is 58.0 Å². The molecule has 2 heterocycles. The first-order valence-electron chi connectivity index (χ1n) is 14.6. The van der Waals surface area contributed by atoms with Crippen LogP contribution >= 0.6 is 11.3 Å². The quantitative estimate of drug-likeness (QED) is 0.281. The van der Waals surface area contributed by atoms with E-state index in [-0.39, 0.29) is 38.1 Å². The minimum atomic E-state index is -4.41. The first kappa shape index (κ1) is 33.9. The Morgan fingerprint density at radius 2 is 1.78 bits per heavy atom. The van der Waals surface area contributed by atoms with Crippen molar-refractivity contribution in [2.75, 3.05) is 26.3 Å². The van der Waals surface area contributed by atoms with Crippen LogP contribution in [0.4, 0.5) is 18.0 Å². The first-order valence-corrected chi connectivity index (χ1v) is 15.5. The van der Waals surface area contributed by atoms with E-state index in [0.717, 1.165) is 17.7 Å². The van der Waals surface area contributed by atoms with E-state index in [9.17, 15) is 27.6 Å². The van der Waals surface area contributed by atoms with E-state index in [0.29, 0.717) is 35.7 Å². The summed E-state index contributed by atoms with van der Waals surface area (Å²) in [6.45, 7) is 6.08. The zero-order valence-electron chi connectivity index (χ0n) is 25.4. The number of hydrogen-bond donors (Lipinski definition) is 2. The monoisotopic (exact) mass is 646 g/mol. The first-order chi connectivity index (χ1) is 21.3. The Balaban J connectivity index is 1.25. The highest BCUT2D eigenvalue weighted by Gasteiger charge is 2.31. The number of benzene rings is 2. The minimum absolute atomic E-state index is 0.0506. The van der Waals surface area contributed by atoms with Crippen molar-refractivity contribution >= 4 is 29.2 Å². The van der Waals surface area contributed by atoms with E-state index in [1.54, 1.807) is 31.1 Å². The summed E-state index contributed by atoms with van der Waals surface area (Å²) in [6, 6.07) is 13.5. The van der Waals surface area contributed by atoms with Crippen molar-refractivity contribution in [3.05, 3.63) is 76.1 Å². The van der Waals surface area contributed by atoms with Gasteiger partial charge in [0.1, 0.15) is 17.2 Å². The molecule has 1 fully saturated rings. The summed E-state index contributed by atoms with van der Waals surface area (Å²) < 4.78 is 49.7. The van der Waals surface area contributed by atoms with Crippen LogP contribution in [0.5, 0.6) is 0 Å². The maximum absolute atomic E-state index is 13.0. The van der Waals surface area contributed by atoms with Gasteiger partial charge in [0, 0.05) is 24.0 Å². The molecule has 0 unspecified atom stereocenters. The summed E-state index contributed by atoms with van der Waals surface area (Å²) in [5.74, 6) is -0.856. The molecule has 1 saturated heterocycles. The number of piperidine rings is 1. The maximum Gasteiger partial charge on any atom is 0.416 e. The Kier molecular flexibility index (Phi) is 11.2. The number of nitrogens with one attached hydrogen (secondary N) is 2. The molecule has 1 aliphatic rings. The second-order valence-electron chi connectivity index (χ2n) is 11.7. The molecule has 4 rings (SSSR count). The lowest BCUT2D eigenvalue weighted by Gasteiger charge is -2.32. The van der Waals surface area contributed by atoms with Crippen LogP contribution in [0.2, 0.25) is 0 Å². The number of rotatable bonds is 10. The molecule has 1 aliphatic heterocycles. The molecule has 45 heavy (non-hydrogen) atoms. The third-order valence-electron chi connectivity index (χ3n) is 7.02. The normalized spacial score (nSPS) is 16.1. The number of ether oxygens (including phenoxy) is 2. The molecule has 2 aromatic carbocycles. The van der Waals surface area contributed by atoms with E-state index in [1.165, 1.54) is 23.5 Å². The van der Waals surface area contributed by atoms with Gasteiger partial charge in [-0.1, -0.05) is 42.5 Å². The lowest BCUT2D eigenvalue weighted by Crippen LogP contribution is -2.46. The fourth-order valence-electron chi connectivity index (χ4n) is 4.79. The fourth-order valence-corrected chi connectivity index (χ4v) is 5.53. The summed E-state index contributed by atoms with van der Waals surface area (Å²) in [5, 5.41) is 8.02. The Bertz CT molecular complexity index is 1440. The van der Waals surface area contributed by atoms with Crippen LogP contribution in [0.1, 0.15) is 55.8 Å². The van der Waals surface area contributed by atoms with Crippen LogP contribution < -0.4 is 10.6 Å². The molecule has 242 valence electrons. The van der Waals surface area contributed by atoms with Crippen LogP contribution in [0, 0.1) is 5.92 Å². The average molecular weight is 647 g/mol. The van der Waals surface area contributed by atoms with Crippen LogP contribution in [0.3, 0.4) is 0 Å². The number of aromatic nitrogens is 1. The van der Waals surface area contributed by atoms with E-state index >= 15 is 0 Å². The predicted molar refractivity (Wildman–Crippen MR) is 163 cm³/mol. The van der Waals surface area contributed by atoms with Crippen LogP contribution in [-0.4, -0.2) is 59.7 Å². The zero-order valence-corrected chi connectivity index (χ0v) is 26.2. The third kappa shape index (κ3) is 10.3. The van der Waals surface area contributed by atoms with E-state index < -0.39 is 35.4 Å². The van der Waals surface area contributed by atoms with E-state index in [2.05, 4.69) is 15.6 Å². The highest BCUT2D eigenvalue weighted by atomic mass is 32.1. The predicted octanol–water partition coefficient (Wildman–Crippen LogP) is 5.97. The highest BCUT2D eigenvalue weighted by Crippen LogP contribution is 2.31. The maximum atomic E-state index is 13.0. The van der Waals surface area contributed by atoms with Gasteiger partial charge in [-0.15, -0.1) is 11.3 Å². The van der Waals surface area contributed by atoms with Gasteiger partial charge in [-0.25, -0.2) is 9.78 Å². The smallest absolute Gasteiger partial charge is 0.416 e. The second-order valence-corrected chi connectivity index (χ2v) is 12.7. The lowest BCUT2D eigenvalue weighted by molar-refractivity contribution is -0.140. The molecule has 2 N–H and O–H groups in total. The second kappa shape index (κ2) is 14.9. The van der Waals surface area contributed by atoms with Gasteiger partial charge in [0.25, 0.3) is 0 Å². The Hall–Kier alpha value is -3.97. The molecule has 0 aliphatic carbocycles. The van der Waals surface area contributed by atoms with Gasteiger partial charge in [-0.2, -0.15) is 13.2 Å². The number of alkyl halides is 3. The van der Waals surface area contributed by atoms with Gasteiger partial charge in [0.2, 0.25) is 11.8 Å². The molecule has 0 spiro atoms. The number of thiazole rings is 1. The summed E-state index contributed by atoms with van der Waals surface area (Å²) in [5.41, 5.74) is 0.487. The molecule has 2 atom stereocenters. The van der Waals surface area contributed by atoms with Crippen molar-refractivity contribution in [2.24, 2.45) is 5.92 Å². The summed E-state index contributed by atoms with van der Waals surface area (Å²) >= 11 is 1.30. The number of halogens is 3. The van der Waals surface area contributed by atoms with Crippen molar-refractivity contribution in [3.8, 4) is 11.3 Å². The van der Waals surface area contributed by atoms with Crippen molar-refractivity contribution in [1.29, 1.82) is 0 Å². The number of carbonyl (C=O) groups excluding carboxylic acids is 3. The van der Waals surface area contributed by atoms with Crippen molar-refractivity contribution in [1.82, 2.24) is 20.5 Å². The number of nitrogens with zero attached hydrogens (tertiary/aromatic N) is 2. The van der Waals surface area contributed by atoms with Gasteiger partial charge < -0.3 is 25.0 Å². The largest absolute Gasteiger partial charge is 0.444 e. The molecule has 3 amide bonds. The number of carbonyl (C=O) groups is 3. The fraction of sp³-hybridized carbons (Fsp3) is 0.438. The molecule has 3 aromatic rings. The van der Waals surface area contributed by atoms with E-state index in [1.807, 2.05) is 30.3 Å². The number of alkyl carbamates (subject to hydrolysis) is 1. The third-order valence-corrected chi connectivity index (χ3v) is 7.87. The van der Waals surface area contributed by atoms with Gasteiger partial charge >= 0.3 is 12.3 Å². The van der Waals surface area contributed by atoms with E-state index in [4.69, 9.17) is 9.47 Å². The lowest BCUT2D eigenvalue weighted by atomic mass is 9.97. The Labute approximate surface area is 264 Å². The average Bonchev–Trinajstić information content (AvgIpc) is 3.48. The minimum Gasteiger partial charge on any atom is -0.444 e. The van der Waals surface area contributed by atoms with Gasteiger partial charge in [0.05, 0.1) is 36.4 Å². The molecule has 1 aromatic heterocycles. The SMILES string of the molecule is CC(C)(C)OC(=O)N[C@H](COCC(=O)N1CCC[C@H](C(=O)NCc2nc(-c3ccc(C(F)(F)F)cc3)cs2)C1)c1ccccc1. The molecule has 13 heteroatoms. The van der Waals surface area contributed by atoms with Crippen LogP contribution in [0.25, 0.3) is 11.3 Å². The van der Waals surface area contributed by atoms with Gasteiger partial charge in [-0.3, -0.25) is 9.59 Å². The van der Waals surface area contributed by atoms with Gasteiger partial charge in [-0.05, 0) is 51.3 Å². The molecular formula is C32H37F3N4O5S. The summed E-state index contributed by atoms with van der Waals surface area (Å²) in [6.07, 6.45) is -3.72. The van der Waals surface area contributed by atoms with Crippen molar-refractivity contribution < 1.29 is 37.0 Å². The van der Waals surface area contributed by atoms with Crippen LogP contribution in [-0.2, 0) is 31.8 Å². The zero-order chi connectivity index (χ0) is 32.6. The Morgan fingerprint density at radius 1 is 1.07 bits per heavy atom. The molecule has 9 nitrogen and oxygen atoms in total. The summed E-state index contributed by atoms with van der Waals surface area (Å²) in [4.78, 5) is 44.4. The topological polar surface area (TPSA) is 110 Å². The molecule has 0 radical (unpaired) electrons.